The molecule has 0 spiro atoms. The molecule has 1 aromatic carbocycles. The maximum atomic E-state index is 5.79. The SMILES string of the molecule is C[C@@H]1CN=C(Nc2ccc(Cl)cc2)S1. The summed E-state index contributed by atoms with van der Waals surface area (Å²) in [4.78, 5) is 4.37. The molecule has 0 unspecified atom stereocenters. The van der Waals surface area contributed by atoms with Crippen molar-refractivity contribution in [2.24, 2.45) is 4.99 Å². The lowest BCUT2D eigenvalue weighted by molar-refractivity contribution is 0.976. The number of thioether (sulfide) groups is 1. The van der Waals surface area contributed by atoms with Crippen molar-refractivity contribution in [1.29, 1.82) is 0 Å². The lowest BCUT2D eigenvalue weighted by Gasteiger charge is -2.05. The van der Waals surface area contributed by atoms with E-state index >= 15 is 0 Å². The molecule has 1 N–H and O–H groups in total. The zero-order valence-corrected chi connectivity index (χ0v) is 9.40. The van der Waals surface area contributed by atoms with Crippen molar-refractivity contribution in [2.75, 3.05) is 11.9 Å². The van der Waals surface area contributed by atoms with E-state index in [4.69, 9.17) is 11.6 Å². The van der Waals surface area contributed by atoms with Gasteiger partial charge in [0.1, 0.15) is 0 Å². The molecular weight excluding hydrogens is 216 g/mol. The van der Waals surface area contributed by atoms with Crippen LogP contribution in [0.15, 0.2) is 29.3 Å². The highest BCUT2D eigenvalue weighted by Gasteiger charge is 2.14. The second-order valence-corrected chi connectivity index (χ2v) is 5.07. The largest absolute Gasteiger partial charge is 0.335 e. The van der Waals surface area contributed by atoms with Crippen LogP contribution in [0.2, 0.25) is 5.02 Å². The lowest BCUT2D eigenvalue weighted by atomic mass is 10.3. The quantitative estimate of drug-likeness (QED) is 0.795. The normalized spacial score (nSPS) is 20.7. The van der Waals surface area contributed by atoms with Crippen LogP contribution in [0.5, 0.6) is 0 Å². The molecule has 2 nitrogen and oxygen atoms in total. The standard InChI is InChI=1S/C10H11ClN2S/c1-7-6-12-10(14-7)13-9-4-2-8(11)3-5-9/h2-5,7H,6H2,1H3,(H,12,13)/t7-/m1/s1. The summed E-state index contributed by atoms with van der Waals surface area (Å²) in [6.45, 7) is 3.07. The van der Waals surface area contributed by atoms with Crippen LogP contribution in [0.3, 0.4) is 0 Å². The molecule has 1 atom stereocenters. The second kappa shape index (κ2) is 4.24. The fourth-order valence-corrected chi connectivity index (χ4v) is 2.18. The van der Waals surface area contributed by atoms with Crippen molar-refractivity contribution < 1.29 is 0 Å². The summed E-state index contributed by atoms with van der Waals surface area (Å²) in [6.07, 6.45) is 0. The number of nitrogens with one attached hydrogen (secondary N) is 1. The summed E-state index contributed by atoms with van der Waals surface area (Å²) >= 11 is 7.56. The molecule has 1 aliphatic rings. The van der Waals surface area contributed by atoms with Gasteiger partial charge >= 0.3 is 0 Å². The number of benzene rings is 1. The van der Waals surface area contributed by atoms with E-state index in [0.29, 0.717) is 5.25 Å². The van der Waals surface area contributed by atoms with Crippen molar-refractivity contribution in [3.63, 3.8) is 0 Å². The van der Waals surface area contributed by atoms with Gasteiger partial charge in [-0.2, -0.15) is 0 Å². The van der Waals surface area contributed by atoms with Crippen LogP contribution in [0.1, 0.15) is 6.92 Å². The van der Waals surface area contributed by atoms with Crippen LogP contribution in [-0.4, -0.2) is 17.0 Å². The first-order valence-corrected chi connectivity index (χ1v) is 5.73. The number of hydrogen-bond acceptors (Lipinski definition) is 3. The van der Waals surface area contributed by atoms with Crippen LogP contribution < -0.4 is 5.32 Å². The van der Waals surface area contributed by atoms with Gasteiger partial charge in [0, 0.05) is 16.0 Å². The molecule has 1 aromatic rings. The Kier molecular flexibility index (Phi) is 2.99. The minimum atomic E-state index is 0.588. The van der Waals surface area contributed by atoms with Crippen LogP contribution in [-0.2, 0) is 0 Å². The van der Waals surface area contributed by atoms with Gasteiger partial charge in [0.05, 0.1) is 6.54 Å². The summed E-state index contributed by atoms with van der Waals surface area (Å²) in [7, 11) is 0. The van der Waals surface area contributed by atoms with E-state index < -0.39 is 0 Å². The van der Waals surface area contributed by atoms with Crippen molar-refractivity contribution in [2.45, 2.75) is 12.2 Å². The smallest absolute Gasteiger partial charge is 0.161 e. The maximum absolute atomic E-state index is 5.79. The number of amidine groups is 1. The molecule has 0 saturated carbocycles. The summed E-state index contributed by atoms with van der Waals surface area (Å²) < 4.78 is 0. The number of halogens is 1. The van der Waals surface area contributed by atoms with Gasteiger partial charge in [0.25, 0.3) is 0 Å². The zero-order chi connectivity index (χ0) is 9.97. The van der Waals surface area contributed by atoms with Crippen LogP contribution >= 0.6 is 23.4 Å². The first-order valence-electron chi connectivity index (χ1n) is 4.48. The first kappa shape index (κ1) is 9.87. The second-order valence-electron chi connectivity index (χ2n) is 3.21. The van der Waals surface area contributed by atoms with E-state index in [2.05, 4.69) is 17.2 Å². The minimum absolute atomic E-state index is 0.588. The Balaban J connectivity index is 2.01. The van der Waals surface area contributed by atoms with Crippen molar-refractivity contribution >= 4 is 34.2 Å². The van der Waals surface area contributed by atoms with E-state index in [-0.39, 0.29) is 0 Å². The molecule has 0 aromatic heterocycles. The Morgan fingerprint density at radius 2 is 2.14 bits per heavy atom. The average molecular weight is 227 g/mol. The molecule has 74 valence electrons. The van der Waals surface area contributed by atoms with E-state index in [1.165, 1.54) is 0 Å². The molecule has 14 heavy (non-hydrogen) atoms. The lowest BCUT2D eigenvalue weighted by Crippen LogP contribution is -2.05. The fraction of sp³-hybridized carbons (Fsp3) is 0.300. The molecule has 1 heterocycles. The third-order valence-corrected chi connectivity index (χ3v) is 3.16. The third-order valence-electron chi connectivity index (χ3n) is 1.90. The van der Waals surface area contributed by atoms with Crippen LogP contribution in [0.25, 0.3) is 0 Å². The number of anilines is 1. The number of nitrogens with zero attached hydrogens (tertiary/aromatic N) is 1. The van der Waals surface area contributed by atoms with Crippen molar-refractivity contribution in [3.8, 4) is 0 Å². The van der Waals surface area contributed by atoms with E-state index in [1.807, 2.05) is 24.3 Å². The first-order chi connectivity index (χ1) is 6.74. The topological polar surface area (TPSA) is 24.4 Å². The Bertz CT molecular complexity index is 348. The van der Waals surface area contributed by atoms with E-state index in [0.717, 1.165) is 22.4 Å². The highest BCUT2D eigenvalue weighted by Crippen LogP contribution is 2.22. The van der Waals surface area contributed by atoms with Gasteiger partial charge in [-0.3, -0.25) is 4.99 Å². The number of hydrogen-bond donors (Lipinski definition) is 1. The number of rotatable bonds is 1. The molecule has 0 aliphatic carbocycles. The Hall–Kier alpha value is -0.670. The van der Waals surface area contributed by atoms with Gasteiger partial charge in [-0.15, -0.1) is 0 Å². The number of aliphatic imine (C=N–C) groups is 1. The van der Waals surface area contributed by atoms with Gasteiger partial charge in [0.15, 0.2) is 5.17 Å². The van der Waals surface area contributed by atoms with E-state index in [1.54, 1.807) is 11.8 Å². The Morgan fingerprint density at radius 3 is 2.71 bits per heavy atom. The molecule has 0 radical (unpaired) electrons. The minimum Gasteiger partial charge on any atom is -0.335 e. The summed E-state index contributed by atoms with van der Waals surface area (Å²) in [5.41, 5.74) is 1.04. The van der Waals surface area contributed by atoms with Crippen molar-refractivity contribution in [1.82, 2.24) is 0 Å². The monoisotopic (exact) mass is 226 g/mol. The van der Waals surface area contributed by atoms with Gasteiger partial charge in [-0.05, 0) is 24.3 Å². The predicted octanol–water partition coefficient (Wildman–Crippen LogP) is 3.24. The molecule has 0 saturated heterocycles. The van der Waals surface area contributed by atoms with Crippen LogP contribution in [0.4, 0.5) is 5.69 Å². The van der Waals surface area contributed by atoms with Crippen LogP contribution in [0, 0.1) is 0 Å². The molecule has 0 fully saturated rings. The Labute approximate surface area is 92.8 Å². The van der Waals surface area contributed by atoms with Gasteiger partial charge in [-0.25, -0.2) is 0 Å². The van der Waals surface area contributed by atoms with Gasteiger partial charge in [-0.1, -0.05) is 30.3 Å². The molecule has 4 heteroatoms. The fourth-order valence-electron chi connectivity index (χ4n) is 1.20. The molecule has 2 rings (SSSR count). The summed E-state index contributed by atoms with van der Waals surface area (Å²) in [5.74, 6) is 0. The molecular formula is C10H11ClN2S. The summed E-state index contributed by atoms with van der Waals surface area (Å²) in [5, 5.41) is 5.59. The Morgan fingerprint density at radius 1 is 1.43 bits per heavy atom. The van der Waals surface area contributed by atoms with Crippen molar-refractivity contribution in [3.05, 3.63) is 29.3 Å². The zero-order valence-electron chi connectivity index (χ0n) is 7.83. The highest BCUT2D eigenvalue weighted by atomic mass is 35.5. The van der Waals surface area contributed by atoms with Gasteiger partial charge < -0.3 is 5.32 Å². The van der Waals surface area contributed by atoms with Gasteiger partial charge in [0.2, 0.25) is 0 Å². The summed E-state index contributed by atoms with van der Waals surface area (Å²) in [6, 6.07) is 7.64. The predicted molar refractivity (Wildman–Crippen MR) is 64.4 cm³/mol. The molecule has 0 bridgehead atoms. The maximum Gasteiger partial charge on any atom is 0.161 e. The molecule has 0 amide bonds. The average Bonchev–Trinajstić information content (AvgIpc) is 2.56. The third kappa shape index (κ3) is 2.42. The highest BCUT2D eigenvalue weighted by molar-refractivity contribution is 8.15. The van der Waals surface area contributed by atoms with E-state index in [9.17, 15) is 0 Å². The molecule has 1 aliphatic heterocycles.